The number of likely N-dealkylation sites (tertiary alicyclic amines) is 1. The average Bonchev–Trinajstić information content (AvgIpc) is 2.57. The molecule has 2 aliphatic rings. The van der Waals surface area contributed by atoms with Gasteiger partial charge in [0, 0.05) is 18.6 Å². The van der Waals surface area contributed by atoms with Gasteiger partial charge < -0.3 is 10.2 Å². The molecular weight excluding hydrogens is 198 g/mol. The van der Waals surface area contributed by atoms with Crippen molar-refractivity contribution >= 4 is 0 Å². The topological polar surface area (TPSA) is 18.5 Å². The Labute approximate surface area is 100 Å². The molecular formula is C13H27N3. The highest BCUT2D eigenvalue weighted by Crippen LogP contribution is 2.19. The number of rotatable bonds is 2. The van der Waals surface area contributed by atoms with Crippen LogP contribution in [0.3, 0.4) is 0 Å². The summed E-state index contributed by atoms with van der Waals surface area (Å²) in [5.74, 6) is 0. The van der Waals surface area contributed by atoms with Crippen LogP contribution in [0, 0.1) is 0 Å². The van der Waals surface area contributed by atoms with Crippen molar-refractivity contribution in [3.8, 4) is 0 Å². The Morgan fingerprint density at radius 1 is 1.06 bits per heavy atom. The van der Waals surface area contributed by atoms with Crippen molar-refractivity contribution in [2.24, 2.45) is 0 Å². The molecule has 1 unspecified atom stereocenters. The lowest BCUT2D eigenvalue weighted by Gasteiger charge is -2.39. The second-order valence-corrected chi connectivity index (χ2v) is 5.58. The molecule has 2 saturated heterocycles. The van der Waals surface area contributed by atoms with Crippen LogP contribution < -0.4 is 5.32 Å². The molecule has 94 valence electrons. The van der Waals surface area contributed by atoms with E-state index >= 15 is 0 Å². The maximum absolute atomic E-state index is 3.58. The summed E-state index contributed by atoms with van der Waals surface area (Å²) in [5, 5.41) is 3.58. The van der Waals surface area contributed by atoms with Crippen LogP contribution in [-0.2, 0) is 0 Å². The van der Waals surface area contributed by atoms with Gasteiger partial charge in [-0.05, 0) is 59.4 Å². The molecule has 2 fully saturated rings. The van der Waals surface area contributed by atoms with Crippen molar-refractivity contribution < 1.29 is 0 Å². The summed E-state index contributed by atoms with van der Waals surface area (Å²) in [4.78, 5) is 5.11. The Morgan fingerprint density at radius 2 is 1.81 bits per heavy atom. The molecule has 0 spiro atoms. The second kappa shape index (κ2) is 5.99. The van der Waals surface area contributed by atoms with Crippen LogP contribution in [0.2, 0.25) is 0 Å². The van der Waals surface area contributed by atoms with Gasteiger partial charge in [0.1, 0.15) is 0 Å². The van der Waals surface area contributed by atoms with Crippen molar-refractivity contribution in [1.82, 2.24) is 15.1 Å². The molecule has 2 rings (SSSR count). The highest BCUT2D eigenvalue weighted by atomic mass is 15.2. The Kier molecular flexibility index (Phi) is 4.62. The Balaban J connectivity index is 1.78. The van der Waals surface area contributed by atoms with Gasteiger partial charge in [-0.25, -0.2) is 0 Å². The van der Waals surface area contributed by atoms with E-state index in [4.69, 9.17) is 0 Å². The number of piperidine rings is 1. The Hall–Kier alpha value is -0.120. The van der Waals surface area contributed by atoms with E-state index in [1.807, 2.05) is 0 Å². The summed E-state index contributed by atoms with van der Waals surface area (Å²) in [7, 11) is 4.43. The average molecular weight is 225 g/mol. The van der Waals surface area contributed by atoms with E-state index in [9.17, 15) is 0 Å². The molecule has 0 aliphatic carbocycles. The highest BCUT2D eigenvalue weighted by molar-refractivity contribution is 4.83. The molecule has 0 bridgehead atoms. The fraction of sp³-hybridized carbons (Fsp3) is 1.00. The van der Waals surface area contributed by atoms with Gasteiger partial charge in [-0.1, -0.05) is 6.42 Å². The molecule has 1 atom stereocenters. The molecule has 16 heavy (non-hydrogen) atoms. The standard InChI is InChI=1S/C13H27N3/c1-15(2)12-6-9-16(10-7-12)13-5-3-4-8-14-11-13/h12-14H,3-11H2,1-2H3. The maximum atomic E-state index is 3.58. The molecule has 0 saturated carbocycles. The molecule has 0 amide bonds. The molecule has 1 N–H and O–H groups in total. The fourth-order valence-electron chi connectivity index (χ4n) is 3.08. The Bertz CT molecular complexity index is 189. The molecule has 0 aromatic rings. The lowest BCUT2D eigenvalue weighted by Crippen LogP contribution is -2.48. The lowest BCUT2D eigenvalue weighted by molar-refractivity contribution is 0.105. The minimum atomic E-state index is 0.811. The van der Waals surface area contributed by atoms with Crippen LogP contribution in [0.15, 0.2) is 0 Å². The highest BCUT2D eigenvalue weighted by Gasteiger charge is 2.26. The van der Waals surface area contributed by atoms with Crippen LogP contribution in [0.4, 0.5) is 0 Å². The van der Waals surface area contributed by atoms with Gasteiger partial charge in [0.15, 0.2) is 0 Å². The largest absolute Gasteiger partial charge is 0.315 e. The predicted molar refractivity (Wildman–Crippen MR) is 68.8 cm³/mol. The van der Waals surface area contributed by atoms with E-state index < -0.39 is 0 Å². The van der Waals surface area contributed by atoms with E-state index in [-0.39, 0.29) is 0 Å². The zero-order chi connectivity index (χ0) is 11.4. The first-order valence-electron chi connectivity index (χ1n) is 6.88. The number of hydrogen-bond donors (Lipinski definition) is 1. The SMILES string of the molecule is CN(C)C1CCN(C2CCCCNC2)CC1. The van der Waals surface area contributed by atoms with Crippen LogP contribution in [0.1, 0.15) is 32.1 Å². The minimum Gasteiger partial charge on any atom is -0.315 e. The third-order valence-electron chi connectivity index (χ3n) is 4.27. The predicted octanol–water partition coefficient (Wildman–Crippen LogP) is 1.15. The third-order valence-corrected chi connectivity index (χ3v) is 4.27. The first-order chi connectivity index (χ1) is 7.77. The van der Waals surface area contributed by atoms with Gasteiger partial charge in [0.2, 0.25) is 0 Å². The molecule has 3 nitrogen and oxygen atoms in total. The maximum Gasteiger partial charge on any atom is 0.0220 e. The second-order valence-electron chi connectivity index (χ2n) is 5.58. The minimum absolute atomic E-state index is 0.811. The fourth-order valence-corrected chi connectivity index (χ4v) is 3.08. The van der Waals surface area contributed by atoms with E-state index in [0.717, 1.165) is 12.1 Å². The van der Waals surface area contributed by atoms with E-state index in [0.29, 0.717) is 0 Å². The first-order valence-corrected chi connectivity index (χ1v) is 6.88. The van der Waals surface area contributed by atoms with Crippen LogP contribution in [0.5, 0.6) is 0 Å². The van der Waals surface area contributed by atoms with E-state index in [1.165, 1.54) is 58.3 Å². The van der Waals surface area contributed by atoms with Gasteiger partial charge in [0.05, 0.1) is 0 Å². The molecule has 0 radical (unpaired) electrons. The van der Waals surface area contributed by atoms with Crippen LogP contribution >= 0.6 is 0 Å². The molecule has 2 heterocycles. The summed E-state index contributed by atoms with van der Waals surface area (Å²) in [6.07, 6.45) is 6.88. The van der Waals surface area contributed by atoms with Gasteiger partial charge in [0.25, 0.3) is 0 Å². The normalized spacial score (nSPS) is 30.6. The molecule has 3 heteroatoms. The van der Waals surface area contributed by atoms with E-state index in [2.05, 4.69) is 29.2 Å². The number of hydrogen-bond acceptors (Lipinski definition) is 3. The van der Waals surface area contributed by atoms with Crippen molar-refractivity contribution in [3.63, 3.8) is 0 Å². The summed E-state index contributed by atoms with van der Waals surface area (Å²) < 4.78 is 0. The van der Waals surface area contributed by atoms with Crippen molar-refractivity contribution in [3.05, 3.63) is 0 Å². The molecule has 0 aromatic carbocycles. The molecule has 2 aliphatic heterocycles. The zero-order valence-electron chi connectivity index (χ0n) is 10.9. The van der Waals surface area contributed by atoms with Gasteiger partial charge in [-0.3, -0.25) is 4.90 Å². The molecule has 0 aromatic heterocycles. The Morgan fingerprint density at radius 3 is 2.50 bits per heavy atom. The van der Waals surface area contributed by atoms with Gasteiger partial charge >= 0.3 is 0 Å². The van der Waals surface area contributed by atoms with Gasteiger partial charge in [-0.2, -0.15) is 0 Å². The van der Waals surface area contributed by atoms with E-state index in [1.54, 1.807) is 0 Å². The zero-order valence-corrected chi connectivity index (χ0v) is 10.9. The van der Waals surface area contributed by atoms with Crippen LogP contribution in [-0.4, -0.2) is 62.2 Å². The number of nitrogens with one attached hydrogen (secondary N) is 1. The summed E-state index contributed by atoms with van der Waals surface area (Å²) in [6.45, 7) is 5.04. The van der Waals surface area contributed by atoms with Crippen LogP contribution in [0.25, 0.3) is 0 Å². The lowest BCUT2D eigenvalue weighted by atomic mass is 10.0. The van der Waals surface area contributed by atoms with Crippen molar-refractivity contribution in [2.45, 2.75) is 44.2 Å². The monoisotopic (exact) mass is 225 g/mol. The van der Waals surface area contributed by atoms with Crippen molar-refractivity contribution in [2.75, 3.05) is 40.3 Å². The summed E-state index contributed by atoms with van der Waals surface area (Å²) in [6, 6.07) is 1.63. The summed E-state index contributed by atoms with van der Waals surface area (Å²) in [5.41, 5.74) is 0. The number of nitrogens with zero attached hydrogens (tertiary/aromatic N) is 2. The smallest absolute Gasteiger partial charge is 0.0220 e. The quantitative estimate of drug-likeness (QED) is 0.761. The first kappa shape index (κ1) is 12.3. The van der Waals surface area contributed by atoms with Gasteiger partial charge in [-0.15, -0.1) is 0 Å². The summed E-state index contributed by atoms with van der Waals surface area (Å²) >= 11 is 0. The third kappa shape index (κ3) is 3.19. The van der Waals surface area contributed by atoms with Crippen molar-refractivity contribution in [1.29, 1.82) is 0 Å².